The van der Waals surface area contributed by atoms with E-state index in [0.717, 1.165) is 44.9 Å². The molecule has 0 bridgehead atoms. The van der Waals surface area contributed by atoms with Crippen LogP contribution in [0.3, 0.4) is 0 Å². The Hall–Kier alpha value is -1.11. The smallest absolute Gasteiger partial charge is 0.229 e. The molecule has 5 nitrogen and oxygen atoms in total. The van der Waals surface area contributed by atoms with Crippen molar-refractivity contribution in [2.75, 3.05) is 18.4 Å². The van der Waals surface area contributed by atoms with Gasteiger partial charge in [0.15, 0.2) is 0 Å². The van der Waals surface area contributed by atoms with Gasteiger partial charge < -0.3 is 5.32 Å². The topological polar surface area (TPSA) is 66.5 Å². The molecule has 1 atom stereocenters. The maximum Gasteiger partial charge on any atom is 0.229 e. The first-order valence-electron chi connectivity index (χ1n) is 9.47. The van der Waals surface area contributed by atoms with Gasteiger partial charge in [0.2, 0.25) is 15.9 Å². The lowest BCUT2D eigenvalue weighted by atomic mass is 9.67. The van der Waals surface area contributed by atoms with E-state index in [1.165, 1.54) is 0 Å². The minimum absolute atomic E-state index is 0.103. The van der Waals surface area contributed by atoms with Gasteiger partial charge in [0.1, 0.15) is 0 Å². The van der Waals surface area contributed by atoms with E-state index in [-0.39, 0.29) is 22.5 Å². The zero-order chi connectivity index (χ0) is 18.4. The Morgan fingerprint density at radius 2 is 1.85 bits per heavy atom. The maximum absolute atomic E-state index is 13.1. The highest BCUT2D eigenvalue weighted by Gasteiger charge is 2.55. The summed E-state index contributed by atoms with van der Waals surface area (Å²) in [7, 11) is -3.26. The van der Waals surface area contributed by atoms with E-state index in [1.54, 1.807) is 16.4 Å². The van der Waals surface area contributed by atoms with Gasteiger partial charge in [-0.15, -0.1) is 0 Å². The van der Waals surface area contributed by atoms with Gasteiger partial charge in [0.25, 0.3) is 0 Å². The fourth-order valence-electron chi connectivity index (χ4n) is 4.60. The van der Waals surface area contributed by atoms with Gasteiger partial charge in [-0.25, -0.2) is 12.7 Å². The Labute approximate surface area is 160 Å². The summed E-state index contributed by atoms with van der Waals surface area (Å²) in [5, 5.41) is 3.22. The second-order valence-electron chi connectivity index (χ2n) is 7.98. The molecule has 142 valence electrons. The minimum Gasteiger partial charge on any atom is -0.324 e. The number of hydrogen-bond acceptors (Lipinski definition) is 3. The second kappa shape index (κ2) is 6.80. The summed E-state index contributed by atoms with van der Waals surface area (Å²) in [6.07, 6.45) is 6.63. The molecule has 3 aliphatic rings. The first-order chi connectivity index (χ1) is 12.4. The van der Waals surface area contributed by atoms with Crippen LogP contribution in [0.2, 0.25) is 5.02 Å². The Bertz CT molecular complexity index is 801. The Morgan fingerprint density at radius 1 is 1.15 bits per heavy atom. The zero-order valence-electron chi connectivity index (χ0n) is 14.8. The quantitative estimate of drug-likeness (QED) is 0.844. The molecule has 1 heterocycles. The van der Waals surface area contributed by atoms with Crippen LogP contribution in [0.1, 0.15) is 44.9 Å². The highest BCUT2D eigenvalue weighted by Crippen LogP contribution is 2.50. The van der Waals surface area contributed by atoms with E-state index < -0.39 is 10.0 Å². The molecule has 4 rings (SSSR count). The molecular formula is C19H25ClN2O3S. The molecule has 2 saturated carbocycles. The number of hydrogen-bond donors (Lipinski definition) is 1. The Kier molecular flexibility index (Phi) is 4.78. The molecule has 1 saturated heterocycles. The SMILES string of the molecule is O=C(Nc1ccccc1Cl)[C@H]1CN(S(=O)(=O)C2CC2)CC12CCCCC2. The van der Waals surface area contributed by atoms with Gasteiger partial charge in [-0.05, 0) is 43.2 Å². The molecular weight excluding hydrogens is 372 g/mol. The van der Waals surface area contributed by atoms with Crippen LogP contribution in [0.15, 0.2) is 24.3 Å². The van der Waals surface area contributed by atoms with Crippen molar-refractivity contribution in [3.05, 3.63) is 29.3 Å². The van der Waals surface area contributed by atoms with E-state index in [4.69, 9.17) is 11.6 Å². The minimum atomic E-state index is -3.26. The first kappa shape index (κ1) is 18.3. The molecule has 1 amide bonds. The number of anilines is 1. The highest BCUT2D eigenvalue weighted by molar-refractivity contribution is 7.90. The molecule has 0 unspecified atom stereocenters. The van der Waals surface area contributed by atoms with Crippen molar-refractivity contribution in [1.82, 2.24) is 4.31 Å². The summed E-state index contributed by atoms with van der Waals surface area (Å²) in [5.74, 6) is -0.416. The molecule has 2 aliphatic carbocycles. The summed E-state index contributed by atoms with van der Waals surface area (Å²) in [5.41, 5.74) is 0.361. The summed E-state index contributed by atoms with van der Waals surface area (Å²) in [6.45, 7) is 0.793. The van der Waals surface area contributed by atoms with E-state index in [2.05, 4.69) is 5.32 Å². The van der Waals surface area contributed by atoms with Crippen molar-refractivity contribution >= 4 is 33.2 Å². The van der Waals surface area contributed by atoms with Gasteiger partial charge in [0, 0.05) is 13.1 Å². The number of rotatable bonds is 4. The molecule has 7 heteroatoms. The number of para-hydroxylation sites is 1. The summed E-state index contributed by atoms with van der Waals surface area (Å²) in [6, 6.07) is 7.17. The fraction of sp³-hybridized carbons (Fsp3) is 0.632. The third kappa shape index (κ3) is 3.27. The third-order valence-corrected chi connectivity index (χ3v) is 8.86. The van der Waals surface area contributed by atoms with Gasteiger partial charge in [-0.2, -0.15) is 0 Å². The standard InChI is InChI=1S/C19H25ClN2O3S/c20-16-6-2-3-7-17(16)21-18(23)15-12-22(26(24,25)14-8-9-14)13-19(15)10-4-1-5-11-19/h2-3,6-7,14-15H,1,4-5,8-13H2,(H,21,23)/t15-/m1/s1. The molecule has 1 spiro atoms. The van der Waals surface area contributed by atoms with Crippen molar-refractivity contribution in [2.45, 2.75) is 50.2 Å². The normalized spacial score (nSPS) is 26.1. The number of amides is 1. The van der Waals surface area contributed by atoms with Crippen molar-refractivity contribution in [2.24, 2.45) is 11.3 Å². The number of halogens is 1. The molecule has 1 aromatic carbocycles. The molecule has 1 aliphatic heterocycles. The average molecular weight is 397 g/mol. The fourth-order valence-corrected chi connectivity index (χ4v) is 6.73. The predicted octanol–water partition coefficient (Wildman–Crippen LogP) is 3.65. The van der Waals surface area contributed by atoms with Crippen LogP contribution in [-0.2, 0) is 14.8 Å². The maximum atomic E-state index is 13.1. The second-order valence-corrected chi connectivity index (χ2v) is 10.6. The van der Waals surface area contributed by atoms with Gasteiger partial charge in [-0.1, -0.05) is 43.0 Å². The first-order valence-corrected chi connectivity index (χ1v) is 11.3. The van der Waals surface area contributed by atoms with Gasteiger partial charge in [-0.3, -0.25) is 4.79 Å². The monoisotopic (exact) mass is 396 g/mol. The van der Waals surface area contributed by atoms with Crippen molar-refractivity contribution in [3.63, 3.8) is 0 Å². The van der Waals surface area contributed by atoms with E-state index in [1.807, 2.05) is 12.1 Å². The third-order valence-electron chi connectivity index (χ3n) is 6.22. The van der Waals surface area contributed by atoms with E-state index in [9.17, 15) is 13.2 Å². The lowest BCUT2D eigenvalue weighted by Gasteiger charge is -2.37. The lowest BCUT2D eigenvalue weighted by Crippen LogP contribution is -2.39. The number of sulfonamides is 1. The molecule has 3 fully saturated rings. The van der Waals surface area contributed by atoms with Crippen LogP contribution in [0.5, 0.6) is 0 Å². The zero-order valence-corrected chi connectivity index (χ0v) is 16.4. The highest BCUT2D eigenvalue weighted by atomic mass is 35.5. The largest absolute Gasteiger partial charge is 0.324 e. The van der Waals surface area contributed by atoms with Crippen LogP contribution in [0.25, 0.3) is 0 Å². The van der Waals surface area contributed by atoms with E-state index in [0.29, 0.717) is 23.8 Å². The van der Waals surface area contributed by atoms with Crippen molar-refractivity contribution in [1.29, 1.82) is 0 Å². The number of nitrogens with zero attached hydrogens (tertiary/aromatic N) is 1. The summed E-state index contributed by atoms with van der Waals surface area (Å²) >= 11 is 6.18. The van der Waals surface area contributed by atoms with Crippen LogP contribution < -0.4 is 5.32 Å². The molecule has 1 aromatic rings. The number of carbonyl (C=O) groups excluding carboxylic acids is 1. The number of benzene rings is 1. The number of carbonyl (C=O) groups is 1. The predicted molar refractivity (Wildman–Crippen MR) is 103 cm³/mol. The Morgan fingerprint density at radius 3 is 2.50 bits per heavy atom. The summed E-state index contributed by atoms with van der Waals surface area (Å²) in [4.78, 5) is 13.1. The molecule has 1 N–H and O–H groups in total. The number of nitrogens with one attached hydrogen (secondary N) is 1. The Balaban J connectivity index is 1.59. The molecule has 26 heavy (non-hydrogen) atoms. The van der Waals surface area contributed by atoms with Crippen LogP contribution in [0.4, 0.5) is 5.69 Å². The molecule has 0 aromatic heterocycles. The van der Waals surface area contributed by atoms with Crippen molar-refractivity contribution < 1.29 is 13.2 Å². The lowest BCUT2D eigenvalue weighted by molar-refractivity contribution is -0.123. The average Bonchev–Trinajstić information content (AvgIpc) is 3.42. The molecule has 0 radical (unpaired) electrons. The van der Waals surface area contributed by atoms with Crippen LogP contribution in [-0.4, -0.2) is 37.0 Å². The van der Waals surface area contributed by atoms with E-state index >= 15 is 0 Å². The van der Waals surface area contributed by atoms with Crippen LogP contribution >= 0.6 is 11.6 Å². The van der Waals surface area contributed by atoms with Crippen molar-refractivity contribution in [3.8, 4) is 0 Å². The van der Waals surface area contributed by atoms with Crippen LogP contribution in [0, 0.1) is 11.3 Å². The summed E-state index contributed by atoms with van der Waals surface area (Å²) < 4.78 is 27.2. The van der Waals surface area contributed by atoms with Gasteiger partial charge in [0.05, 0.1) is 21.9 Å². The van der Waals surface area contributed by atoms with Gasteiger partial charge >= 0.3 is 0 Å².